The number of nitrogens with one attached hydrogen (secondary N) is 4. The summed E-state index contributed by atoms with van der Waals surface area (Å²) in [5, 5.41) is 10.9. The minimum Gasteiger partial charge on any atom is -0.356 e. The standard InChI is InChI=1S/C27H36ClFN4O5/c1-15(2)11-22(26(37)31-20(14-34)12-18-9-10-30-25(18)36)32-27(38)24(16(3)4)33-23(35)8-6-17-5-7-19(28)13-21(17)29/h5-8,13-16,18,20,22,24H,9-12H2,1-4H3,(H,30,36)(H,31,37)(H,32,38)(H,33,35)/b8-6+/t18-,20?,22?,24?/m0/s1. The molecular weight excluding hydrogens is 515 g/mol. The van der Waals surface area contributed by atoms with Crippen LogP contribution in [0.25, 0.3) is 6.08 Å². The van der Waals surface area contributed by atoms with E-state index in [1.54, 1.807) is 13.8 Å². The fourth-order valence-corrected chi connectivity index (χ4v) is 4.27. The van der Waals surface area contributed by atoms with Crippen molar-refractivity contribution in [1.82, 2.24) is 21.3 Å². The molecule has 208 valence electrons. The lowest BCUT2D eigenvalue weighted by Gasteiger charge is -2.27. The van der Waals surface area contributed by atoms with Crippen LogP contribution in [0.15, 0.2) is 24.3 Å². The lowest BCUT2D eigenvalue weighted by Crippen LogP contribution is -2.56. The van der Waals surface area contributed by atoms with Gasteiger partial charge in [0.2, 0.25) is 23.6 Å². The predicted octanol–water partition coefficient (Wildman–Crippen LogP) is 2.37. The number of benzene rings is 1. The lowest BCUT2D eigenvalue weighted by atomic mass is 9.97. The highest BCUT2D eigenvalue weighted by Gasteiger charge is 2.32. The molecule has 9 nitrogen and oxygen atoms in total. The molecule has 11 heteroatoms. The van der Waals surface area contributed by atoms with Crippen LogP contribution in [0.3, 0.4) is 0 Å². The fourth-order valence-electron chi connectivity index (χ4n) is 4.11. The third-order valence-corrected chi connectivity index (χ3v) is 6.39. The summed E-state index contributed by atoms with van der Waals surface area (Å²) >= 11 is 5.74. The van der Waals surface area contributed by atoms with Gasteiger partial charge in [-0.2, -0.15) is 0 Å². The van der Waals surface area contributed by atoms with Crippen LogP contribution in [0.1, 0.15) is 52.5 Å². The molecule has 1 fully saturated rings. The Morgan fingerprint density at radius 1 is 1.13 bits per heavy atom. The Bertz CT molecular complexity index is 1060. The highest BCUT2D eigenvalue weighted by Crippen LogP contribution is 2.17. The van der Waals surface area contributed by atoms with Gasteiger partial charge in [-0.15, -0.1) is 0 Å². The second-order valence-corrected chi connectivity index (χ2v) is 10.6. The first-order chi connectivity index (χ1) is 17.9. The van der Waals surface area contributed by atoms with Gasteiger partial charge < -0.3 is 26.1 Å². The Hall–Kier alpha value is -3.27. The quantitative estimate of drug-likeness (QED) is 0.221. The van der Waals surface area contributed by atoms with Gasteiger partial charge in [-0.05, 0) is 49.3 Å². The minimum atomic E-state index is -0.978. The Morgan fingerprint density at radius 2 is 1.84 bits per heavy atom. The molecule has 0 aliphatic carbocycles. The Balaban J connectivity index is 2.06. The summed E-state index contributed by atoms with van der Waals surface area (Å²) in [7, 11) is 0. The molecule has 3 unspecified atom stereocenters. The van der Waals surface area contributed by atoms with Gasteiger partial charge in [0, 0.05) is 29.1 Å². The molecule has 4 N–H and O–H groups in total. The van der Waals surface area contributed by atoms with E-state index in [0.29, 0.717) is 25.7 Å². The van der Waals surface area contributed by atoms with E-state index >= 15 is 0 Å². The van der Waals surface area contributed by atoms with Gasteiger partial charge in [-0.3, -0.25) is 19.2 Å². The zero-order valence-electron chi connectivity index (χ0n) is 22.1. The summed E-state index contributed by atoms with van der Waals surface area (Å²) in [6.07, 6.45) is 4.03. The van der Waals surface area contributed by atoms with Crippen molar-refractivity contribution in [2.24, 2.45) is 17.8 Å². The molecule has 1 aromatic rings. The average molecular weight is 551 g/mol. The molecule has 0 bridgehead atoms. The van der Waals surface area contributed by atoms with Gasteiger partial charge in [0.15, 0.2) is 0 Å². The first-order valence-corrected chi connectivity index (χ1v) is 13.1. The van der Waals surface area contributed by atoms with Crippen LogP contribution in [0.4, 0.5) is 4.39 Å². The number of hydrogen-bond donors (Lipinski definition) is 4. The number of amides is 4. The number of aldehydes is 1. The van der Waals surface area contributed by atoms with Crippen LogP contribution in [0, 0.1) is 23.6 Å². The Morgan fingerprint density at radius 3 is 2.39 bits per heavy atom. The first kappa shape index (κ1) is 31.0. The van der Waals surface area contributed by atoms with E-state index in [1.807, 2.05) is 13.8 Å². The number of rotatable bonds is 13. The van der Waals surface area contributed by atoms with Crippen molar-refractivity contribution < 1.29 is 28.4 Å². The van der Waals surface area contributed by atoms with Crippen molar-refractivity contribution in [3.8, 4) is 0 Å². The van der Waals surface area contributed by atoms with Crippen molar-refractivity contribution in [3.63, 3.8) is 0 Å². The highest BCUT2D eigenvalue weighted by molar-refractivity contribution is 6.30. The molecule has 0 spiro atoms. The van der Waals surface area contributed by atoms with Gasteiger partial charge in [-0.1, -0.05) is 45.4 Å². The SMILES string of the molecule is CC(C)CC(NC(=O)C(NC(=O)/C=C/c1ccc(Cl)cc1F)C(C)C)C(=O)NC(C=O)C[C@@H]1CCNC1=O. The second-order valence-electron chi connectivity index (χ2n) is 10.2. The van der Waals surface area contributed by atoms with Crippen LogP contribution in [-0.2, 0) is 24.0 Å². The normalized spacial score (nSPS) is 17.7. The molecule has 1 heterocycles. The summed E-state index contributed by atoms with van der Waals surface area (Å²) in [6.45, 7) is 7.77. The largest absolute Gasteiger partial charge is 0.356 e. The maximum Gasteiger partial charge on any atom is 0.244 e. The zero-order valence-corrected chi connectivity index (χ0v) is 22.8. The van der Waals surface area contributed by atoms with E-state index < -0.39 is 41.7 Å². The summed E-state index contributed by atoms with van der Waals surface area (Å²) in [6, 6.07) is 1.23. The number of halogens is 2. The Kier molecular flexibility index (Phi) is 11.9. The van der Waals surface area contributed by atoms with Crippen LogP contribution in [-0.4, -0.2) is 54.6 Å². The molecule has 1 saturated heterocycles. The van der Waals surface area contributed by atoms with E-state index in [1.165, 1.54) is 18.2 Å². The minimum absolute atomic E-state index is 0.0330. The molecule has 38 heavy (non-hydrogen) atoms. The number of carbonyl (C=O) groups excluding carboxylic acids is 5. The molecule has 0 aromatic heterocycles. The van der Waals surface area contributed by atoms with Crippen molar-refractivity contribution in [2.75, 3.05) is 6.54 Å². The fraction of sp³-hybridized carbons (Fsp3) is 0.519. The van der Waals surface area contributed by atoms with Gasteiger partial charge in [0.05, 0.1) is 6.04 Å². The zero-order chi connectivity index (χ0) is 28.4. The average Bonchev–Trinajstić information content (AvgIpc) is 3.24. The van der Waals surface area contributed by atoms with Crippen molar-refractivity contribution >= 4 is 47.6 Å². The molecule has 2 rings (SSSR count). The molecule has 1 aromatic carbocycles. The van der Waals surface area contributed by atoms with Crippen LogP contribution in [0.5, 0.6) is 0 Å². The topological polar surface area (TPSA) is 133 Å². The molecule has 1 aliphatic heterocycles. The van der Waals surface area contributed by atoms with E-state index in [4.69, 9.17) is 11.6 Å². The summed E-state index contributed by atoms with van der Waals surface area (Å²) in [5.74, 6) is -3.14. The van der Waals surface area contributed by atoms with Crippen LogP contribution >= 0.6 is 11.6 Å². The van der Waals surface area contributed by atoms with Gasteiger partial charge in [0.1, 0.15) is 24.2 Å². The van der Waals surface area contributed by atoms with E-state index in [0.717, 1.165) is 12.1 Å². The van der Waals surface area contributed by atoms with E-state index in [9.17, 15) is 28.4 Å². The molecule has 0 saturated carbocycles. The highest BCUT2D eigenvalue weighted by atomic mass is 35.5. The molecule has 4 atom stereocenters. The van der Waals surface area contributed by atoms with Gasteiger partial charge in [0.25, 0.3) is 0 Å². The first-order valence-electron chi connectivity index (χ1n) is 12.7. The third kappa shape index (κ3) is 9.55. The lowest BCUT2D eigenvalue weighted by molar-refractivity contribution is -0.133. The van der Waals surface area contributed by atoms with Crippen LogP contribution in [0.2, 0.25) is 5.02 Å². The summed E-state index contributed by atoms with van der Waals surface area (Å²) in [4.78, 5) is 62.1. The molecule has 4 amide bonds. The molecule has 0 radical (unpaired) electrons. The number of carbonyl (C=O) groups is 5. The predicted molar refractivity (Wildman–Crippen MR) is 142 cm³/mol. The third-order valence-electron chi connectivity index (χ3n) is 6.16. The van der Waals surface area contributed by atoms with Gasteiger partial charge >= 0.3 is 0 Å². The summed E-state index contributed by atoms with van der Waals surface area (Å²) < 4.78 is 14.0. The Labute approximate surface area is 227 Å². The maximum absolute atomic E-state index is 14.0. The second kappa shape index (κ2) is 14.6. The van der Waals surface area contributed by atoms with Crippen molar-refractivity contribution in [1.29, 1.82) is 0 Å². The van der Waals surface area contributed by atoms with Crippen molar-refractivity contribution in [2.45, 2.75) is 65.1 Å². The maximum atomic E-state index is 14.0. The van der Waals surface area contributed by atoms with E-state index in [-0.39, 0.29) is 40.7 Å². The van der Waals surface area contributed by atoms with Crippen molar-refractivity contribution in [3.05, 3.63) is 40.7 Å². The smallest absolute Gasteiger partial charge is 0.244 e. The van der Waals surface area contributed by atoms with E-state index in [2.05, 4.69) is 21.3 Å². The molecule has 1 aliphatic rings. The molecular formula is C27H36ClFN4O5. The summed E-state index contributed by atoms with van der Waals surface area (Å²) in [5.41, 5.74) is 0.156. The number of hydrogen-bond acceptors (Lipinski definition) is 5. The van der Waals surface area contributed by atoms with Crippen LogP contribution < -0.4 is 21.3 Å². The monoisotopic (exact) mass is 550 g/mol. The van der Waals surface area contributed by atoms with Gasteiger partial charge in [-0.25, -0.2) is 4.39 Å².